The van der Waals surface area contributed by atoms with Crippen LogP contribution in [0.15, 0.2) is 54.2 Å². The van der Waals surface area contributed by atoms with Crippen LogP contribution >= 0.6 is 22.9 Å². The fourth-order valence-corrected chi connectivity index (χ4v) is 4.77. The summed E-state index contributed by atoms with van der Waals surface area (Å²) in [6.07, 6.45) is 3.79. The van der Waals surface area contributed by atoms with Crippen molar-refractivity contribution in [1.82, 2.24) is 14.8 Å². The van der Waals surface area contributed by atoms with Crippen LogP contribution in [0.25, 0.3) is 5.69 Å². The summed E-state index contributed by atoms with van der Waals surface area (Å²) in [5.41, 5.74) is 1.19. The fourth-order valence-electron chi connectivity index (χ4n) is 3.65. The second-order valence-corrected chi connectivity index (χ2v) is 8.37. The lowest BCUT2D eigenvalue weighted by atomic mass is 10.1. The largest absolute Gasteiger partial charge is 0.496 e. The lowest BCUT2D eigenvalue weighted by Gasteiger charge is -2.34. The monoisotopic (exact) mass is 445 g/mol. The minimum atomic E-state index is -0.206. The van der Waals surface area contributed by atoms with Gasteiger partial charge in [-0.25, -0.2) is 0 Å². The summed E-state index contributed by atoms with van der Waals surface area (Å²) in [4.78, 5) is 16.6. The number of morpholine rings is 1. The van der Waals surface area contributed by atoms with Crippen molar-refractivity contribution in [3.63, 3.8) is 0 Å². The van der Waals surface area contributed by atoms with Crippen LogP contribution < -0.4 is 10.1 Å². The molecule has 4 rings (SSSR count). The summed E-state index contributed by atoms with van der Waals surface area (Å²) in [5.74, 6) is 0.280. The van der Waals surface area contributed by atoms with Gasteiger partial charge in [-0.3, -0.25) is 9.69 Å². The number of carbonyl (C=O) groups is 1. The molecule has 3 heterocycles. The van der Waals surface area contributed by atoms with E-state index in [4.69, 9.17) is 21.1 Å². The van der Waals surface area contributed by atoms with Gasteiger partial charge in [0.15, 0.2) is 0 Å². The van der Waals surface area contributed by atoms with Gasteiger partial charge in [-0.1, -0.05) is 17.7 Å². The molecule has 1 unspecified atom stereocenters. The number of nitrogens with zero attached hydrogens (tertiary/aromatic N) is 2. The van der Waals surface area contributed by atoms with Crippen LogP contribution in [0.4, 0.5) is 0 Å². The number of ether oxygens (including phenoxy) is 2. The number of hydrogen-bond acceptors (Lipinski definition) is 5. The van der Waals surface area contributed by atoms with Gasteiger partial charge in [0.25, 0.3) is 5.91 Å². The summed E-state index contributed by atoms with van der Waals surface area (Å²) in [6, 6.07) is 11.5. The van der Waals surface area contributed by atoms with Crippen molar-refractivity contribution in [3.05, 3.63) is 69.6 Å². The van der Waals surface area contributed by atoms with Crippen LogP contribution in [0.5, 0.6) is 5.75 Å². The summed E-state index contributed by atoms with van der Waals surface area (Å²) >= 11 is 8.18. The molecule has 1 aromatic carbocycles. The second-order valence-electron chi connectivity index (χ2n) is 6.98. The highest BCUT2D eigenvalue weighted by Crippen LogP contribution is 2.30. The number of methoxy groups -OCH3 is 1. The molecule has 0 aliphatic carbocycles. The number of amides is 1. The summed E-state index contributed by atoms with van der Waals surface area (Å²) in [6.45, 7) is 3.61. The number of carbonyl (C=O) groups excluding carboxylic acids is 1. The maximum absolute atomic E-state index is 13.0. The third kappa shape index (κ3) is 4.54. The van der Waals surface area contributed by atoms with Gasteiger partial charge >= 0.3 is 0 Å². The van der Waals surface area contributed by atoms with Gasteiger partial charge in [0.1, 0.15) is 5.75 Å². The van der Waals surface area contributed by atoms with Crippen LogP contribution in [0, 0.1) is 0 Å². The van der Waals surface area contributed by atoms with Gasteiger partial charge < -0.3 is 19.4 Å². The van der Waals surface area contributed by atoms with Gasteiger partial charge in [-0.05, 0) is 29.6 Å². The second kappa shape index (κ2) is 9.66. The number of nitrogens with one attached hydrogen (secondary N) is 1. The quantitative estimate of drug-likeness (QED) is 0.597. The minimum Gasteiger partial charge on any atom is -0.496 e. The number of aromatic nitrogens is 1. The molecule has 1 atom stereocenters. The first-order valence-electron chi connectivity index (χ1n) is 9.81. The highest BCUT2D eigenvalue weighted by atomic mass is 35.5. The maximum Gasteiger partial charge on any atom is 0.255 e. The third-order valence-corrected chi connectivity index (χ3v) is 6.49. The van der Waals surface area contributed by atoms with Crippen LogP contribution in [-0.2, 0) is 4.74 Å². The van der Waals surface area contributed by atoms with Crippen molar-refractivity contribution >= 4 is 28.8 Å². The van der Waals surface area contributed by atoms with E-state index in [2.05, 4.69) is 21.7 Å². The Morgan fingerprint density at radius 1 is 1.27 bits per heavy atom. The third-order valence-electron chi connectivity index (χ3n) is 5.21. The molecular weight excluding hydrogens is 422 g/mol. The van der Waals surface area contributed by atoms with Crippen LogP contribution in [0.3, 0.4) is 0 Å². The number of thiophene rings is 1. The van der Waals surface area contributed by atoms with Crippen molar-refractivity contribution in [2.75, 3.05) is 40.0 Å². The zero-order valence-corrected chi connectivity index (χ0v) is 18.3. The number of halogens is 1. The van der Waals surface area contributed by atoms with Gasteiger partial charge in [0, 0.05) is 43.0 Å². The van der Waals surface area contributed by atoms with Crippen molar-refractivity contribution < 1.29 is 14.3 Å². The Bertz CT molecular complexity index is 970. The molecule has 1 saturated heterocycles. The topological polar surface area (TPSA) is 55.7 Å². The van der Waals surface area contributed by atoms with Crippen LogP contribution in [0.2, 0.25) is 5.02 Å². The van der Waals surface area contributed by atoms with Gasteiger partial charge in [-0.2, -0.15) is 0 Å². The Morgan fingerprint density at radius 2 is 2.03 bits per heavy atom. The Labute approximate surface area is 185 Å². The van der Waals surface area contributed by atoms with Gasteiger partial charge in [-0.15, -0.1) is 11.3 Å². The molecular formula is C22H24ClN3O3S. The Morgan fingerprint density at radius 3 is 2.70 bits per heavy atom. The number of benzene rings is 1. The molecule has 1 amide bonds. The van der Waals surface area contributed by atoms with E-state index in [1.54, 1.807) is 30.6 Å². The highest BCUT2D eigenvalue weighted by Gasteiger charge is 2.25. The molecule has 0 radical (unpaired) electrons. The van der Waals surface area contributed by atoms with E-state index < -0.39 is 0 Å². The van der Waals surface area contributed by atoms with Gasteiger partial charge in [0.2, 0.25) is 0 Å². The molecule has 2 aromatic heterocycles. The predicted molar refractivity (Wildman–Crippen MR) is 119 cm³/mol. The first-order chi connectivity index (χ1) is 14.7. The lowest BCUT2D eigenvalue weighted by Crippen LogP contribution is -2.43. The zero-order valence-electron chi connectivity index (χ0n) is 16.7. The molecule has 6 nitrogen and oxygen atoms in total. The normalized spacial score (nSPS) is 15.7. The molecule has 30 heavy (non-hydrogen) atoms. The minimum absolute atomic E-state index is 0.110. The number of rotatable bonds is 7. The van der Waals surface area contributed by atoms with E-state index >= 15 is 0 Å². The first kappa shape index (κ1) is 20.9. The molecule has 0 bridgehead atoms. The Balaban J connectivity index is 1.53. The number of hydrogen-bond donors (Lipinski definition) is 1. The molecule has 1 aliphatic rings. The molecule has 0 saturated carbocycles. The standard InChI is InChI=1S/C22H24ClN3O3S/c1-28-20-14-18(25-6-2-3-7-25)17(23)13-16(20)22(27)24-15-19(21-5-4-12-30-21)26-8-10-29-11-9-26/h2-7,12-14,19H,8-11,15H2,1H3,(H,24,27). The van der Waals surface area contributed by atoms with E-state index in [1.807, 2.05) is 35.2 Å². The van der Waals surface area contributed by atoms with Crippen molar-refractivity contribution in [3.8, 4) is 11.4 Å². The van der Waals surface area contributed by atoms with Crippen molar-refractivity contribution in [2.45, 2.75) is 6.04 Å². The average molecular weight is 446 g/mol. The SMILES string of the molecule is COc1cc(-n2cccc2)c(Cl)cc1C(=O)NCC(c1cccs1)N1CCOCC1. The fraction of sp³-hybridized carbons (Fsp3) is 0.318. The molecule has 158 valence electrons. The molecule has 0 spiro atoms. The molecule has 8 heteroatoms. The highest BCUT2D eigenvalue weighted by molar-refractivity contribution is 7.10. The van der Waals surface area contributed by atoms with Crippen LogP contribution in [0.1, 0.15) is 21.3 Å². The van der Waals surface area contributed by atoms with E-state index in [9.17, 15) is 4.79 Å². The van der Waals surface area contributed by atoms with Crippen molar-refractivity contribution in [2.24, 2.45) is 0 Å². The van der Waals surface area contributed by atoms with Crippen molar-refractivity contribution in [1.29, 1.82) is 0 Å². The van der Waals surface area contributed by atoms with Crippen LogP contribution in [-0.4, -0.2) is 55.3 Å². The van der Waals surface area contributed by atoms with E-state index in [0.29, 0.717) is 36.1 Å². The van der Waals surface area contributed by atoms with E-state index in [1.165, 1.54) is 4.88 Å². The smallest absolute Gasteiger partial charge is 0.255 e. The maximum atomic E-state index is 13.0. The average Bonchev–Trinajstić information content (AvgIpc) is 3.49. The van der Waals surface area contributed by atoms with E-state index in [0.717, 1.165) is 18.8 Å². The summed E-state index contributed by atoms with van der Waals surface area (Å²) in [5, 5.41) is 5.63. The molecule has 1 aliphatic heterocycles. The summed E-state index contributed by atoms with van der Waals surface area (Å²) in [7, 11) is 1.56. The Kier molecular flexibility index (Phi) is 6.74. The van der Waals surface area contributed by atoms with E-state index in [-0.39, 0.29) is 11.9 Å². The van der Waals surface area contributed by atoms with Gasteiger partial charge in [0.05, 0.1) is 42.6 Å². The molecule has 1 N–H and O–H groups in total. The summed E-state index contributed by atoms with van der Waals surface area (Å²) < 4.78 is 12.9. The first-order valence-corrected chi connectivity index (χ1v) is 11.1. The lowest BCUT2D eigenvalue weighted by molar-refractivity contribution is 0.0169. The zero-order chi connectivity index (χ0) is 20.9. The molecule has 1 fully saturated rings. The predicted octanol–water partition coefficient (Wildman–Crippen LogP) is 4.00. The molecule has 3 aromatic rings. The Hall–Kier alpha value is -2.32.